The summed E-state index contributed by atoms with van der Waals surface area (Å²) >= 11 is 1.31. The van der Waals surface area contributed by atoms with Gasteiger partial charge in [0.25, 0.3) is 17.4 Å². The van der Waals surface area contributed by atoms with Crippen molar-refractivity contribution >= 4 is 44.9 Å². The minimum atomic E-state index is -0.304. The van der Waals surface area contributed by atoms with Crippen LogP contribution in [0.2, 0.25) is 0 Å². The van der Waals surface area contributed by atoms with Gasteiger partial charge in [0.1, 0.15) is 35.0 Å². The number of rotatable bonds is 3. The van der Waals surface area contributed by atoms with Crippen LogP contribution in [0.4, 0.5) is 11.5 Å². The Kier molecular flexibility index (Phi) is 3.93. The Labute approximate surface area is 180 Å². The summed E-state index contributed by atoms with van der Waals surface area (Å²) in [6, 6.07) is 5.12. The van der Waals surface area contributed by atoms with Crippen LogP contribution in [0.1, 0.15) is 26.6 Å². The molecule has 0 radical (unpaired) electrons. The van der Waals surface area contributed by atoms with E-state index >= 15 is 0 Å². The van der Waals surface area contributed by atoms with Gasteiger partial charge in [-0.2, -0.15) is 0 Å². The smallest absolute Gasteiger partial charge is 0.276 e. The summed E-state index contributed by atoms with van der Waals surface area (Å²) in [4.78, 5) is 51.2. The molecular weight excluding hydrogens is 420 g/mol. The van der Waals surface area contributed by atoms with Crippen molar-refractivity contribution in [2.45, 2.75) is 25.2 Å². The number of hydrogen-bond acceptors (Lipinski definition) is 8. The number of ether oxygens (including phenoxy) is 1. The maximum Gasteiger partial charge on any atom is 0.276 e. The Hall–Kier alpha value is -3.31. The molecule has 10 nitrogen and oxygen atoms in total. The molecule has 3 aliphatic rings. The molecule has 31 heavy (non-hydrogen) atoms. The van der Waals surface area contributed by atoms with E-state index in [-0.39, 0.29) is 36.2 Å². The van der Waals surface area contributed by atoms with Crippen molar-refractivity contribution in [3.05, 3.63) is 45.5 Å². The quantitative estimate of drug-likeness (QED) is 0.655. The summed E-state index contributed by atoms with van der Waals surface area (Å²) in [5.74, 6) is 0.237. The van der Waals surface area contributed by atoms with Crippen LogP contribution in [0.15, 0.2) is 29.3 Å². The molecule has 11 heteroatoms. The van der Waals surface area contributed by atoms with Crippen molar-refractivity contribution in [2.75, 3.05) is 25.5 Å². The molecule has 2 saturated heterocycles. The van der Waals surface area contributed by atoms with E-state index in [4.69, 9.17) is 4.74 Å². The normalized spacial score (nSPS) is 21.9. The monoisotopic (exact) mass is 438 g/mol. The van der Waals surface area contributed by atoms with Gasteiger partial charge in [0, 0.05) is 13.6 Å². The van der Waals surface area contributed by atoms with E-state index in [2.05, 4.69) is 15.3 Å². The average molecular weight is 438 g/mol. The van der Waals surface area contributed by atoms with Crippen molar-refractivity contribution < 1.29 is 14.3 Å². The van der Waals surface area contributed by atoms with Crippen LogP contribution in [0, 0.1) is 0 Å². The lowest BCUT2D eigenvalue weighted by molar-refractivity contribution is 0.0262. The Morgan fingerprint density at radius 3 is 2.94 bits per heavy atom. The standard InChI is InChI=1S/C20H18N6O4S/c1-24-9-26-14(19(24)28)3-2-13(18(26)27)23-16-12-5-15(31-17(12)22-8-21-16)20(29)25-6-11-4-10(25)7-30-11/h2-3,5,8,10-11H,4,6-7,9H2,1H3,(H,21,22,23)/t10-,11-/m1/s1. The summed E-state index contributed by atoms with van der Waals surface area (Å²) < 4.78 is 7.02. The molecule has 158 valence electrons. The van der Waals surface area contributed by atoms with Gasteiger partial charge in [-0.15, -0.1) is 11.3 Å². The molecule has 3 aromatic rings. The molecule has 0 saturated carbocycles. The van der Waals surface area contributed by atoms with Crippen LogP contribution in [-0.4, -0.2) is 68.5 Å². The van der Waals surface area contributed by atoms with Gasteiger partial charge in [0.2, 0.25) is 0 Å². The molecule has 2 amide bonds. The third-order valence-corrected chi connectivity index (χ3v) is 7.08. The molecular formula is C20H18N6O4S. The number of anilines is 2. The fourth-order valence-corrected chi connectivity index (χ4v) is 5.41. The molecule has 1 N–H and O–H groups in total. The lowest BCUT2D eigenvalue weighted by Gasteiger charge is -2.26. The van der Waals surface area contributed by atoms with Crippen LogP contribution in [0.25, 0.3) is 10.2 Å². The first-order valence-corrected chi connectivity index (χ1v) is 10.7. The SMILES string of the molecule is CN1Cn2c(ccc(Nc3ncnc4sc(C(=O)N5C[C@H]6C[C@@H]5CO6)cc34)c2=O)C1=O. The molecule has 6 heterocycles. The first-order chi connectivity index (χ1) is 15.0. The molecule has 3 aliphatic heterocycles. The summed E-state index contributed by atoms with van der Waals surface area (Å²) in [6.07, 6.45) is 2.44. The van der Waals surface area contributed by atoms with E-state index in [1.165, 1.54) is 27.1 Å². The third kappa shape index (κ3) is 2.77. The fraction of sp³-hybridized carbons (Fsp3) is 0.350. The molecule has 3 aromatic heterocycles. The number of carbonyl (C=O) groups is 2. The van der Waals surface area contributed by atoms with Gasteiger partial charge < -0.3 is 19.9 Å². The molecule has 6 rings (SSSR count). The first kappa shape index (κ1) is 18.5. The summed E-state index contributed by atoms with van der Waals surface area (Å²) in [5.41, 5.74) is 0.361. The van der Waals surface area contributed by atoms with Gasteiger partial charge in [0.15, 0.2) is 0 Å². The Balaban J connectivity index is 1.33. The number of carbonyl (C=O) groups excluding carboxylic acids is 2. The molecule has 0 aliphatic carbocycles. The minimum absolute atomic E-state index is 0.0242. The van der Waals surface area contributed by atoms with Crippen molar-refractivity contribution in [2.24, 2.45) is 0 Å². The molecule has 2 fully saturated rings. The predicted molar refractivity (Wildman–Crippen MR) is 113 cm³/mol. The molecule has 2 atom stereocenters. The van der Waals surface area contributed by atoms with Crippen molar-refractivity contribution in [1.29, 1.82) is 0 Å². The highest BCUT2D eigenvalue weighted by atomic mass is 32.1. The Bertz CT molecular complexity index is 1320. The van der Waals surface area contributed by atoms with Crippen LogP contribution < -0.4 is 10.9 Å². The highest BCUT2D eigenvalue weighted by molar-refractivity contribution is 7.20. The largest absolute Gasteiger partial charge is 0.374 e. The predicted octanol–water partition coefficient (Wildman–Crippen LogP) is 1.25. The fourth-order valence-electron chi connectivity index (χ4n) is 4.45. The summed E-state index contributed by atoms with van der Waals surface area (Å²) in [5, 5.41) is 3.75. The van der Waals surface area contributed by atoms with Gasteiger partial charge in [0.05, 0.1) is 29.0 Å². The topological polar surface area (TPSA) is 110 Å². The summed E-state index contributed by atoms with van der Waals surface area (Å²) in [6.45, 7) is 1.42. The van der Waals surface area contributed by atoms with Crippen LogP contribution in [0.5, 0.6) is 0 Å². The van der Waals surface area contributed by atoms with Gasteiger partial charge in [-0.05, 0) is 24.6 Å². The van der Waals surface area contributed by atoms with Crippen molar-refractivity contribution in [3.63, 3.8) is 0 Å². The maximum atomic E-state index is 13.0. The van der Waals surface area contributed by atoms with E-state index in [0.29, 0.717) is 45.4 Å². The van der Waals surface area contributed by atoms with E-state index in [9.17, 15) is 14.4 Å². The molecule has 0 aromatic carbocycles. The van der Waals surface area contributed by atoms with Crippen LogP contribution in [0.3, 0.4) is 0 Å². The van der Waals surface area contributed by atoms with Gasteiger partial charge in [-0.1, -0.05) is 0 Å². The molecule has 2 bridgehead atoms. The number of nitrogens with zero attached hydrogens (tertiary/aromatic N) is 5. The minimum Gasteiger partial charge on any atom is -0.374 e. The highest BCUT2D eigenvalue weighted by Crippen LogP contribution is 2.34. The van der Waals surface area contributed by atoms with Crippen LogP contribution in [-0.2, 0) is 11.4 Å². The van der Waals surface area contributed by atoms with Crippen LogP contribution >= 0.6 is 11.3 Å². The third-order valence-electron chi connectivity index (χ3n) is 6.05. The second-order valence-electron chi connectivity index (χ2n) is 7.99. The lowest BCUT2D eigenvalue weighted by atomic mass is 10.2. The number of hydrogen-bond donors (Lipinski definition) is 1. The zero-order valence-corrected chi connectivity index (χ0v) is 17.4. The number of aromatic nitrogens is 3. The molecule has 0 unspecified atom stereocenters. The van der Waals surface area contributed by atoms with E-state index < -0.39 is 0 Å². The zero-order valence-electron chi connectivity index (χ0n) is 16.6. The van der Waals surface area contributed by atoms with Gasteiger partial charge in [-0.3, -0.25) is 19.0 Å². The highest BCUT2D eigenvalue weighted by Gasteiger charge is 2.42. The zero-order chi connectivity index (χ0) is 21.3. The van der Waals surface area contributed by atoms with E-state index in [1.54, 1.807) is 25.2 Å². The maximum absolute atomic E-state index is 13.0. The number of thiophene rings is 1. The second kappa shape index (κ2) is 6.59. The van der Waals surface area contributed by atoms with Crippen molar-refractivity contribution in [1.82, 2.24) is 24.3 Å². The molecule has 0 spiro atoms. The number of morpholine rings is 1. The number of fused-ring (bicyclic) bond motifs is 4. The van der Waals surface area contributed by atoms with Gasteiger partial charge >= 0.3 is 0 Å². The second-order valence-corrected chi connectivity index (χ2v) is 9.02. The van der Waals surface area contributed by atoms with Crippen molar-refractivity contribution in [3.8, 4) is 0 Å². The number of pyridine rings is 1. The Morgan fingerprint density at radius 1 is 1.29 bits per heavy atom. The first-order valence-electron chi connectivity index (χ1n) is 9.93. The van der Waals surface area contributed by atoms with E-state index in [0.717, 1.165) is 6.42 Å². The Morgan fingerprint density at radius 2 is 2.16 bits per heavy atom. The lowest BCUT2D eigenvalue weighted by Crippen LogP contribution is -2.41. The number of amides is 2. The van der Waals surface area contributed by atoms with Gasteiger partial charge in [-0.25, -0.2) is 9.97 Å². The summed E-state index contributed by atoms with van der Waals surface area (Å²) in [7, 11) is 1.65. The average Bonchev–Trinajstić information content (AvgIpc) is 3.54. The van der Waals surface area contributed by atoms with E-state index in [1.807, 2.05) is 4.90 Å². The number of nitrogens with one attached hydrogen (secondary N) is 1. The number of likely N-dealkylation sites (tertiary alicyclic amines) is 1.